The highest BCUT2D eigenvalue weighted by molar-refractivity contribution is 7.98. The van der Waals surface area contributed by atoms with E-state index in [0.29, 0.717) is 6.04 Å². The summed E-state index contributed by atoms with van der Waals surface area (Å²) in [5.74, 6) is 0.770. The van der Waals surface area contributed by atoms with Gasteiger partial charge in [0.05, 0.1) is 0 Å². The minimum Gasteiger partial charge on any atom is -0.361 e. The topological polar surface area (TPSA) is 67.1 Å². The van der Waals surface area contributed by atoms with Crippen molar-refractivity contribution in [3.8, 4) is 0 Å². The highest BCUT2D eigenvalue weighted by Gasteiger charge is 2.16. The second-order valence-electron chi connectivity index (χ2n) is 4.34. The third-order valence-corrected chi connectivity index (χ3v) is 3.76. The lowest BCUT2D eigenvalue weighted by atomic mass is 10.1. The lowest BCUT2D eigenvalue weighted by molar-refractivity contribution is 0.478. The van der Waals surface area contributed by atoms with E-state index < -0.39 is 0 Å². The molecule has 0 spiro atoms. The van der Waals surface area contributed by atoms with E-state index in [-0.39, 0.29) is 0 Å². The van der Waals surface area contributed by atoms with Crippen LogP contribution >= 0.6 is 11.8 Å². The van der Waals surface area contributed by atoms with Crippen molar-refractivity contribution in [2.75, 3.05) is 24.7 Å². The van der Waals surface area contributed by atoms with Crippen LogP contribution in [0.15, 0.2) is 17.6 Å². The maximum atomic E-state index is 4.36. The zero-order valence-electron chi connectivity index (χ0n) is 10.3. The molecular formula is C11H16N6S. The van der Waals surface area contributed by atoms with Gasteiger partial charge in [-0.15, -0.1) is 10.2 Å². The van der Waals surface area contributed by atoms with Gasteiger partial charge in [0.25, 0.3) is 0 Å². The van der Waals surface area contributed by atoms with Crippen LogP contribution < -0.4 is 10.6 Å². The number of hydrogen-bond acceptors (Lipinski definition) is 6. The summed E-state index contributed by atoms with van der Waals surface area (Å²) in [7, 11) is 0. The number of aromatic nitrogens is 4. The molecule has 0 unspecified atom stereocenters. The van der Waals surface area contributed by atoms with Crippen LogP contribution in [0.1, 0.15) is 12.8 Å². The van der Waals surface area contributed by atoms with E-state index in [2.05, 4.69) is 25.8 Å². The van der Waals surface area contributed by atoms with Crippen LogP contribution in [-0.4, -0.2) is 45.0 Å². The van der Waals surface area contributed by atoms with Gasteiger partial charge in [-0.1, -0.05) is 11.8 Å². The van der Waals surface area contributed by atoms with Crippen LogP contribution in [0.3, 0.4) is 0 Å². The molecule has 1 atom stereocenters. The molecule has 6 nitrogen and oxygen atoms in total. The Balaban J connectivity index is 1.89. The molecule has 0 aliphatic carbocycles. The molecule has 1 aliphatic rings. The fourth-order valence-electron chi connectivity index (χ4n) is 2.22. The Morgan fingerprint density at radius 1 is 1.50 bits per heavy atom. The zero-order chi connectivity index (χ0) is 12.4. The molecule has 1 saturated heterocycles. The molecule has 1 aliphatic heterocycles. The van der Waals surface area contributed by atoms with Gasteiger partial charge in [0.15, 0.2) is 16.6 Å². The van der Waals surface area contributed by atoms with Gasteiger partial charge < -0.3 is 10.6 Å². The first-order valence-electron chi connectivity index (χ1n) is 6.09. The normalized spacial score (nSPS) is 20.2. The number of nitrogens with zero attached hydrogens (tertiary/aromatic N) is 4. The van der Waals surface area contributed by atoms with Gasteiger partial charge in [0.2, 0.25) is 0 Å². The molecule has 2 N–H and O–H groups in total. The second-order valence-corrected chi connectivity index (χ2v) is 5.12. The number of thioether (sulfide) groups is 1. The van der Waals surface area contributed by atoms with E-state index in [1.54, 1.807) is 18.0 Å². The van der Waals surface area contributed by atoms with Crippen LogP contribution in [-0.2, 0) is 0 Å². The summed E-state index contributed by atoms with van der Waals surface area (Å²) in [4.78, 5) is 4.36. The molecule has 0 amide bonds. The molecule has 0 saturated carbocycles. The Kier molecular flexibility index (Phi) is 3.33. The van der Waals surface area contributed by atoms with Crippen LogP contribution in [0.4, 0.5) is 5.82 Å². The highest BCUT2D eigenvalue weighted by atomic mass is 32.2. The summed E-state index contributed by atoms with van der Waals surface area (Å²) in [6.07, 6.45) is 8.04. The Morgan fingerprint density at radius 3 is 3.22 bits per heavy atom. The fraction of sp³-hybridized carbons (Fsp3) is 0.545. The molecule has 2 aromatic rings. The van der Waals surface area contributed by atoms with Crippen molar-refractivity contribution in [1.82, 2.24) is 24.9 Å². The lowest BCUT2D eigenvalue weighted by Crippen LogP contribution is -2.38. The number of imidazole rings is 1. The zero-order valence-corrected chi connectivity index (χ0v) is 11.1. The SMILES string of the molecule is CSc1nnc(N[C@@H]2CCCNC2)c2nccn12. The average Bonchev–Trinajstić information content (AvgIpc) is 2.90. The Hall–Kier alpha value is -1.34. The van der Waals surface area contributed by atoms with Crippen LogP contribution in [0, 0.1) is 0 Å². The Labute approximate surface area is 110 Å². The first-order valence-corrected chi connectivity index (χ1v) is 7.32. The van der Waals surface area contributed by atoms with Gasteiger partial charge in [0.1, 0.15) is 0 Å². The molecule has 0 bridgehead atoms. The number of fused-ring (bicyclic) bond motifs is 1. The van der Waals surface area contributed by atoms with Gasteiger partial charge in [-0.25, -0.2) is 4.98 Å². The van der Waals surface area contributed by atoms with Gasteiger partial charge in [-0.3, -0.25) is 4.40 Å². The maximum absolute atomic E-state index is 4.36. The lowest BCUT2D eigenvalue weighted by Gasteiger charge is -2.24. The third kappa shape index (κ3) is 2.15. The van der Waals surface area contributed by atoms with E-state index in [9.17, 15) is 0 Å². The maximum Gasteiger partial charge on any atom is 0.195 e. The molecule has 2 aromatic heterocycles. The molecule has 3 heterocycles. The quantitative estimate of drug-likeness (QED) is 0.807. The van der Waals surface area contributed by atoms with Crippen LogP contribution in [0.2, 0.25) is 0 Å². The number of anilines is 1. The molecule has 1 fully saturated rings. The highest BCUT2D eigenvalue weighted by Crippen LogP contribution is 2.19. The van der Waals surface area contributed by atoms with Crippen molar-refractivity contribution in [3.63, 3.8) is 0 Å². The summed E-state index contributed by atoms with van der Waals surface area (Å²) >= 11 is 1.57. The smallest absolute Gasteiger partial charge is 0.195 e. The molecule has 3 rings (SSSR count). The van der Waals surface area contributed by atoms with Crippen LogP contribution in [0.5, 0.6) is 0 Å². The molecule has 18 heavy (non-hydrogen) atoms. The van der Waals surface area contributed by atoms with Gasteiger partial charge >= 0.3 is 0 Å². The molecule has 0 aromatic carbocycles. The predicted octanol–water partition coefficient (Wildman–Crippen LogP) is 1.01. The van der Waals surface area contributed by atoms with E-state index in [1.807, 2.05) is 16.9 Å². The summed E-state index contributed by atoms with van der Waals surface area (Å²) < 4.78 is 1.97. The Morgan fingerprint density at radius 2 is 2.44 bits per heavy atom. The van der Waals surface area contributed by atoms with Gasteiger partial charge in [-0.2, -0.15) is 0 Å². The molecular weight excluding hydrogens is 248 g/mol. The van der Waals surface area contributed by atoms with E-state index in [4.69, 9.17) is 0 Å². The summed E-state index contributed by atoms with van der Waals surface area (Å²) in [5.41, 5.74) is 0.847. The standard InChI is InChI=1S/C11H16N6S/c1-18-11-16-15-9(10-13-5-6-17(10)11)14-8-3-2-4-12-7-8/h5-6,8,12H,2-4,7H2,1H3,(H,14,15)/t8-/m1/s1. The first-order chi connectivity index (χ1) is 8.88. The van der Waals surface area contributed by atoms with Crippen LogP contribution in [0.25, 0.3) is 5.65 Å². The predicted molar refractivity (Wildman–Crippen MR) is 72.1 cm³/mol. The summed E-state index contributed by atoms with van der Waals surface area (Å²) in [6, 6.07) is 0.411. The average molecular weight is 264 g/mol. The minimum absolute atomic E-state index is 0.411. The molecule has 7 heteroatoms. The van der Waals surface area contributed by atoms with E-state index in [0.717, 1.165) is 36.1 Å². The second kappa shape index (κ2) is 5.11. The minimum atomic E-state index is 0.411. The number of rotatable bonds is 3. The third-order valence-electron chi connectivity index (χ3n) is 3.11. The summed E-state index contributed by atoms with van der Waals surface area (Å²) in [6.45, 7) is 2.08. The van der Waals surface area contributed by atoms with Crippen molar-refractivity contribution in [2.24, 2.45) is 0 Å². The largest absolute Gasteiger partial charge is 0.361 e. The number of piperidine rings is 1. The number of nitrogens with one attached hydrogen (secondary N) is 2. The van der Waals surface area contributed by atoms with Crippen molar-refractivity contribution >= 4 is 23.2 Å². The van der Waals surface area contributed by atoms with E-state index >= 15 is 0 Å². The summed E-state index contributed by atoms with van der Waals surface area (Å²) in [5, 5.41) is 16.1. The number of hydrogen-bond donors (Lipinski definition) is 2. The Bertz CT molecular complexity index is 533. The molecule has 0 radical (unpaired) electrons. The first kappa shape index (κ1) is 11.7. The monoisotopic (exact) mass is 264 g/mol. The van der Waals surface area contributed by atoms with Crippen molar-refractivity contribution in [3.05, 3.63) is 12.4 Å². The van der Waals surface area contributed by atoms with Gasteiger partial charge in [0, 0.05) is 25.0 Å². The molecule has 96 valence electrons. The van der Waals surface area contributed by atoms with Crippen molar-refractivity contribution in [1.29, 1.82) is 0 Å². The van der Waals surface area contributed by atoms with Crippen molar-refractivity contribution in [2.45, 2.75) is 24.0 Å². The van der Waals surface area contributed by atoms with Gasteiger partial charge in [-0.05, 0) is 25.6 Å². The fourth-order valence-corrected chi connectivity index (χ4v) is 2.69. The van der Waals surface area contributed by atoms with Crippen molar-refractivity contribution < 1.29 is 0 Å². The van der Waals surface area contributed by atoms with E-state index in [1.165, 1.54) is 6.42 Å².